The van der Waals surface area contributed by atoms with Gasteiger partial charge in [-0.1, -0.05) is 96.2 Å². The predicted molar refractivity (Wildman–Crippen MR) is 180 cm³/mol. The molecule has 0 aliphatic carbocycles. The maximum atomic E-state index is 13.8. The van der Waals surface area contributed by atoms with Crippen LogP contribution in [0.15, 0.2) is 4.66 Å². The molecule has 0 bridgehead atoms. The molecule has 0 saturated carbocycles. The number of nitrogens with zero attached hydrogens (tertiary/aromatic N) is 1. The van der Waals surface area contributed by atoms with Gasteiger partial charge in [-0.25, -0.2) is 0 Å². The van der Waals surface area contributed by atoms with E-state index >= 15 is 0 Å². The van der Waals surface area contributed by atoms with Crippen molar-refractivity contribution in [3.8, 4) is 0 Å². The van der Waals surface area contributed by atoms with E-state index in [0.717, 1.165) is 5.90 Å². The van der Waals surface area contributed by atoms with Gasteiger partial charge in [0, 0.05) is 6.42 Å². The first kappa shape index (κ1) is 37.8. The number of hydrogen-bond acceptors (Lipinski definition) is 5. The molecule has 1 atom stereocenters. The summed E-state index contributed by atoms with van der Waals surface area (Å²) in [6.45, 7) is 45.1. The standard InChI is InChI=1S/C29H66N2O3Si4/c1-26(2,3)35(13,14)30-23(25(32)34-38(19,20)29(10,11)12)21-22-24(31-36(15,16)27(4,5)6)33-37(17,18)28(7,8)9/h23,30H,21-22H2,1-20H3/b31-24-/t23-/m0/s1/i30+1. The van der Waals surface area contributed by atoms with Crippen molar-refractivity contribution >= 4 is 45.0 Å². The van der Waals surface area contributed by atoms with Gasteiger partial charge in [0.15, 0.2) is 14.1 Å². The van der Waals surface area contributed by atoms with Crippen LogP contribution in [0.2, 0.25) is 72.5 Å². The van der Waals surface area contributed by atoms with Crippen LogP contribution < -0.4 is 4.98 Å². The van der Waals surface area contributed by atoms with Crippen molar-refractivity contribution in [1.29, 1.82) is 0 Å². The molecule has 5 nitrogen and oxygen atoms in total. The molecule has 38 heavy (non-hydrogen) atoms. The van der Waals surface area contributed by atoms with E-state index in [2.05, 4.69) is 140 Å². The third-order valence-corrected chi connectivity index (χ3v) is 27.9. The van der Waals surface area contributed by atoms with Gasteiger partial charge in [0.25, 0.3) is 16.6 Å². The van der Waals surface area contributed by atoms with Crippen LogP contribution in [0.1, 0.15) is 95.9 Å². The van der Waals surface area contributed by atoms with E-state index in [1.54, 1.807) is 0 Å². The molecule has 0 heterocycles. The highest BCUT2D eigenvalue weighted by Crippen LogP contribution is 2.41. The summed E-state index contributed by atoms with van der Waals surface area (Å²) in [6, 6.07) is -0.377. The summed E-state index contributed by atoms with van der Waals surface area (Å²) in [7, 11) is -8.33. The molecular weight excluding hydrogens is 538 g/mol. The monoisotopic (exact) mass is 603 g/mol. The Bertz CT molecular complexity index is 838. The molecule has 0 saturated heterocycles. The van der Waals surface area contributed by atoms with E-state index in [4.69, 9.17) is 13.5 Å². The lowest BCUT2D eigenvalue weighted by molar-refractivity contribution is -0.137. The van der Waals surface area contributed by atoms with Crippen molar-refractivity contribution in [3.63, 3.8) is 0 Å². The Hall–Kier alpha value is -0.232. The summed E-state index contributed by atoms with van der Waals surface area (Å²) in [4.78, 5) is 17.7. The fourth-order valence-electron chi connectivity index (χ4n) is 2.70. The van der Waals surface area contributed by atoms with E-state index in [9.17, 15) is 4.79 Å². The number of hydrogen-bond donors (Lipinski definition) is 1. The van der Waals surface area contributed by atoms with Gasteiger partial charge in [0.1, 0.15) is 8.24 Å². The van der Waals surface area contributed by atoms with Crippen LogP contribution in [0.3, 0.4) is 0 Å². The van der Waals surface area contributed by atoms with Crippen LogP contribution in [-0.2, 0) is 13.6 Å². The van der Waals surface area contributed by atoms with E-state index in [0.29, 0.717) is 12.8 Å². The van der Waals surface area contributed by atoms with Crippen LogP contribution in [0, 0.1) is 0 Å². The zero-order chi connectivity index (χ0) is 31.0. The lowest BCUT2D eigenvalue weighted by Crippen LogP contribution is -2.60. The molecule has 0 radical (unpaired) electrons. The lowest BCUT2D eigenvalue weighted by atomic mass is 10.2. The Morgan fingerprint density at radius 1 is 0.658 bits per heavy atom. The highest BCUT2D eigenvalue weighted by molar-refractivity contribution is 6.80. The van der Waals surface area contributed by atoms with Gasteiger partial charge >= 0.3 is 5.97 Å². The van der Waals surface area contributed by atoms with Crippen LogP contribution in [0.4, 0.5) is 0 Å². The van der Waals surface area contributed by atoms with Crippen LogP contribution in [0.25, 0.3) is 0 Å². The largest absolute Gasteiger partial charge is 0.534 e. The fraction of sp³-hybridized carbons (Fsp3) is 0.931. The average molecular weight is 604 g/mol. The molecule has 0 aliphatic heterocycles. The Morgan fingerprint density at radius 2 is 1.05 bits per heavy atom. The van der Waals surface area contributed by atoms with E-state index < -0.39 is 33.1 Å². The van der Waals surface area contributed by atoms with Gasteiger partial charge in [-0.15, -0.1) is 0 Å². The van der Waals surface area contributed by atoms with Crippen molar-refractivity contribution in [2.24, 2.45) is 4.66 Å². The van der Waals surface area contributed by atoms with E-state index in [1.165, 1.54) is 0 Å². The number of rotatable bonds is 9. The molecule has 0 aromatic heterocycles. The van der Waals surface area contributed by atoms with Gasteiger partial charge in [-0.3, -0.25) is 9.45 Å². The second-order valence-corrected chi connectivity index (χ2v) is 36.8. The van der Waals surface area contributed by atoms with Crippen molar-refractivity contribution in [3.05, 3.63) is 0 Å². The van der Waals surface area contributed by atoms with Crippen LogP contribution >= 0.6 is 0 Å². The molecular formula is C29H66N2O3Si4. The highest BCUT2D eigenvalue weighted by Gasteiger charge is 2.45. The van der Waals surface area contributed by atoms with Gasteiger partial charge in [0.2, 0.25) is 0 Å². The van der Waals surface area contributed by atoms with Crippen LogP contribution in [-0.4, -0.2) is 51.0 Å². The van der Waals surface area contributed by atoms with Crippen LogP contribution in [0.5, 0.6) is 0 Å². The van der Waals surface area contributed by atoms with Crippen molar-refractivity contribution in [2.45, 2.75) is 174 Å². The number of carbonyl (C=O) groups excluding carboxylic acids is 1. The minimum Gasteiger partial charge on any atom is -0.534 e. The minimum atomic E-state index is -2.26. The van der Waals surface area contributed by atoms with E-state index in [1.807, 2.05) is 0 Å². The van der Waals surface area contributed by atoms with Crippen molar-refractivity contribution in [1.82, 2.24) is 4.98 Å². The SMILES string of the molecule is CC(C)(C)[Si](C)(C)/N=C(/CC[C@H]([15NH][Si](C)(C)C(C)(C)C)C(=O)O[Si](C)(C)C(C)(C)C)O[Si](C)(C)C(C)(C)C. The molecule has 0 aliphatic rings. The Balaban J connectivity index is 6.48. The Labute approximate surface area is 242 Å². The van der Waals surface area contributed by atoms with Gasteiger partial charge < -0.3 is 13.8 Å². The van der Waals surface area contributed by atoms with Gasteiger partial charge in [0.05, 0.1) is 6.04 Å². The second kappa shape index (κ2) is 11.9. The second-order valence-electron chi connectivity index (χ2n) is 17.5. The summed E-state index contributed by atoms with van der Waals surface area (Å²) in [5.41, 5.74) is 0. The molecule has 0 fully saturated rings. The Kier molecular flexibility index (Phi) is 11.9. The smallest absolute Gasteiger partial charge is 0.309 e. The molecule has 0 spiro atoms. The molecule has 0 rings (SSSR count). The van der Waals surface area contributed by atoms with E-state index in [-0.39, 0.29) is 32.2 Å². The van der Waals surface area contributed by atoms with Gasteiger partial charge in [-0.05, 0) is 65.9 Å². The molecule has 226 valence electrons. The van der Waals surface area contributed by atoms with Gasteiger partial charge in [-0.2, -0.15) is 0 Å². The molecule has 9 heteroatoms. The minimum absolute atomic E-state index is 0.0371. The number of nitrogens with one attached hydrogen (secondary N) is 1. The Morgan fingerprint density at radius 3 is 1.39 bits per heavy atom. The summed E-state index contributed by atoms with van der Waals surface area (Å²) in [5.74, 6) is 0.728. The summed E-state index contributed by atoms with van der Waals surface area (Å²) < 4.78 is 18.6. The first-order chi connectivity index (χ1) is 16.3. The third-order valence-electron chi connectivity index (χ3n) is 9.92. The highest BCUT2D eigenvalue weighted by atomic mass is 28.4. The summed E-state index contributed by atoms with van der Waals surface area (Å²) in [5, 5.41) is 0.235. The summed E-state index contributed by atoms with van der Waals surface area (Å²) >= 11 is 0. The summed E-state index contributed by atoms with van der Waals surface area (Å²) in [6.07, 6.45) is 1.26. The normalized spacial score (nSPS) is 16.4. The van der Waals surface area contributed by atoms with Crippen molar-refractivity contribution in [2.75, 3.05) is 0 Å². The predicted octanol–water partition coefficient (Wildman–Crippen LogP) is 9.70. The fourth-order valence-corrected chi connectivity index (χ4v) is 7.47. The maximum Gasteiger partial charge on any atom is 0.309 e. The third kappa shape index (κ3) is 10.3. The zero-order valence-electron chi connectivity index (χ0n) is 29.2. The molecule has 0 aromatic rings. The first-order valence-electron chi connectivity index (χ1n) is 14.6. The molecule has 1 N–H and O–H groups in total. The topological polar surface area (TPSA) is 59.9 Å². The average Bonchev–Trinajstić information content (AvgIpc) is 2.59. The maximum absolute atomic E-state index is 13.8. The lowest BCUT2D eigenvalue weighted by Gasteiger charge is -2.42. The molecule has 0 amide bonds. The zero-order valence-corrected chi connectivity index (χ0v) is 33.2. The quantitative estimate of drug-likeness (QED) is 0.123. The molecule has 0 aromatic carbocycles. The number of carbonyl (C=O) groups is 1. The van der Waals surface area contributed by atoms with Crippen molar-refractivity contribution < 1.29 is 13.6 Å². The first-order valence-corrected chi connectivity index (χ1v) is 26.3. The molecule has 0 unspecified atom stereocenters.